The Morgan fingerprint density at radius 3 is 2.73 bits per heavy atom. The van der Waals surface area contributed by atoms with Gasteiger partial charge in [-0.3, -0.25) is 19.3 Å². The number of rotatable bonds is 5. The van der Waals surface area contributed by atoms with Gasteiger partial charge in [0.05, 0.1) is 18.4 Å². The van der Waals surface area contributed by atoms with Crippen LogP contribution in [0.4, 0.5) is 5.69 Å². The Hall–Kier alpha value is -3.14. The molecule has 2 amide bonds. The first-order valence-corrected chi connectivity index (χ1v) is 8.51. The van der Waals surface area contributed by atoms with E-state index in [2.05, 4.69) is 20.5 Å². The zero-order valence-corrected chi connectivity index (χ0v) is 14.5. The number of hydrazone groups is 1. The number of anilines is 1. The number of carboxylic acid groups (broad SMARTS) is 1. The van der Waals surface area contributed by atoms with Gasteiger partial charge in [-0.2, -0.15) is 0 Å². The highest BCUT2D eigenvalue weighted by molar-refractivity contribution is 8.16. The van der Waals surface area contributed by atoms with Crippen molar-refractivity contribution in [1.29, 1.82) is 0 Å². The van der Waals surface area contributed by atoms with Crippen molar-refractivity contribution in [2.45, 2.75) is 18.6 Å². The summed E-state index contributed by atoms with van der Waals surface area (Å²) < 4.78 is 0. The van der Waals surface area contributed by atoms with Gasteiger partial charge in [0, 0.05) is 5.69 Å². The van der Waals surface area contributed by atoms with Gasteiger partial charge in [0.25, 0.3) is 5.91 Å². The van der Waals surface area contributed by atoms with E-state index in [1.165, 1.54) is 11.2 Å². The largest absolute Gasteiger partial charge is 0.481 e. The van der Waals surface area contributed by atoms with Crippen LogP contribution < -0.4 is 10.3 Å². The Kier molecular flexibility index (Phi) is 5.03. The first kappa shape index (κ1) is 17.7. The molecule has 0 bridgehead atoms. The van der Waals surface area contributed by atoms with E-state index in [1.807, 2.05) is 0 Å². The topological polar surface area (TPSA) is 128 Å². The van der Waals surface area contributed by atoms with Crippen LogP contribution in [0.1, 0.15) is 22.6 Å². The predicted octanol–water partition coefficient (Wildman–Crippen LogP) is 1.34. The van der Waals surface area contributed by atoms with Crippen molar-refractivity contribution in [3.05, 3.63) is 48.0 Å². The fourth-order valence-corrected chi connectivity index (χ4v) is 3.47. The third-order valence-electron chi connectivity index (χ3n) is 3.61. The second-order valence-electron chi connectivity index (χ2n) is 5.43. The molecule has 1 saturated heterocycles. The Balaban J connectivity index is 1.86. The number of aliphatic carboxylic acids is 1. The molecule has 0 spiro atoms. The second kappa shape index (κ2) is 7.40. The van der Waals surface area contributed by atoms with Gasteiger partial charge in [0.1, 0.15) is 5.25 Å². The van der Waals surface area contributed by atoms with Crippen LogP contribution in [-0.4, -0.2) is 43.3 Å². The summed E-state index contributed by atoms with van der Waals surface area (Å²) in [5, 5.41) is 12.4. The summed E-state index contributed by atoms with van der Waals surface area (Å²) in [6.45, 7) is 1.70. The zero-order valence-electron chi connectivity index (χ0n) is 13.7. The molecule has 1 aromatic heterocycles. The minimum atomic E-state index is -1.08. The standard InChI is InChI=1S/C16H15N5O4S/c1-9-13(18-8-17-9)14(24)19-20-16-21(10-5-3-2-4-6-10)15(25)11(26-16)7-12(22)23/h2-6,8,11H,7H2,1H3,(H,17,18)(H,19,24)(H,22,23)/b20-16-. The van der Waals surface area contributed by atoms with Crippen molar-refractivity contribution in [2.24, 2.45) is 5.10 Å². The molecule has 10 heteroatoms. The zero-order chi connectivity index (χ0) is 18.7. The van der Waals surface area contributed by atoms with Crippen molar-refractivity contribution in [1.82, 2.24) is 15.4 Å². The molecule has 1 aliphatic heterocycles. The van der Waals surface area contributed by atoms with E-state index < -0.39 is 23.0 Å². The van der Waals surface area contributed by atoms with Crippen molar-refractivity contribution in [3.63, 3.8) is 0 Å². The summed E-state index contributed by atoms with van der Waals surface area (Å²) in [6, 6.07) is 8.71. The van der Waals surface area contributed by atoms with E-state index in [0.717, 1.165) is 11.8 Å². The molecule has 0 saturated carbocycles. The third kappa shape index (κ3) is 3.59. The third-order valence-corrected chi connectivity index (χ3v) is 4.74. The van der Waals surface area contributed by atoms with Crippen LogP contribution in [0.15, 0.2) is 41.8 Å². The number of hydrogen-bond acceptors (Lipinski definition) is 6. The van der Waals surface area contributed by atoms with Gasteiger partial charge in [-0.1, -0.05) is 30.0 Å². The van der Waals surface area contributed by atoms with Crippen molar-refractivity contribution in [2.75, 3.05) is 4.90 Å². The van der Waals surface area contributed by atoms with E-state index in [0.29, 0.717) is 11.4 Å². The molecular weight excluding hydrogens is 358 g/mol. The van der Waals surface area contributed by atoms with Crippen LogP contribution in [0, 0.1) is 6.92 Å². The molecule has 1 atom stereocenters. The minimum Gasteiger partial charge on any atom is -0.481 e. The van der Waals surface area contributed by atoms with Crippen molar-refractivity contribution in [3.8, 4) is 0 Å². The normalized spacial score (nSPS) is 18.3. The van der Waals surface area contributed by atoms with Crippen LogP contribution >= 0.6 is 11.8 Å². The average Bonchev–Trinajstić information content (AvgIpc) is 3.17. The molecule has 134 valence electrons. The van der Waals surface area contributed by atoms with Crippen molar-refractivity contribution >= 4 is 40.4 Å². The summed E-state index contributed by atoms with van der Waals surface area (Å²) in [6.07, 6.45) is 1.06. The number of carbonyl (C=O) groups excluding carboxylic acids is 2. The first-order chi connectivity index (χ1) is 12.5. The molecule has 3 rings (SSSR count). The molecule has 1 unspecified atom stereocenters. The number of benzene rings is 1. The number of carbonyl (C=O) groups is 3. The number of nitrogens with one attached hydrogen (secondary N) is 2. The summed E-state index contributed by atoms with van der Waals surface area (Å²) in [5.74, 6) is -2.01. The van der Waals surface area contributed by atoms with Gasteiger partial charge in [-0.05, 0) is 19.1 Å². The monoisotopic (exact) mass is 373 g/mol. The Morgan fingerprint density at radius 2 is 2.12 bits per heavy atom. The van der Waals surface area contributed by atoms with Gasteiger partial charge in [0.15, 0.2) is 10.9 Å². The minimum absolute atomic E-state index is 0.192. The smallest absolute Gasteiger partial charge is 0.305 e. The van der Waals surface area contributed by atoms with Crippen LogP contribution in [0.5, 0.6) is 0 Å². The van der Waals surface area contributed by atoms with Crippen LogP contribution in [-0.2, 0) is 9.59 Å². The number of amidine groups is 1. The fourth-order valence-electron chi connectivity index (χ4n) is 2.39. The second-order valence-corrected chi connectivity index (χ2v) is 6.59. The lowest BCUT2D eigenvalue weighted by Crippen LogP contribution is -2.34. The first-order valence-electron chi connectivity index (χ1n) is 7.63. The van der Waals surface area contributed by atoms with Crippen molar-refractivity contribution < 1.29 is 19.5 Å². The highest BCUT2D eigenvalue weighted by Gasteiger charge is 2.40. The predicted molar refractivity (Wildman–Crippen MR) is 95.8 cm³/mol. The van der Waals surface area contributed by atoms with E-state index >= 15 is 0 Å². The van der Waals surface area contributed by atoms with Gasteiger partial charge in [-0.25, -0.2) is 10.4 Å². The van der Waals surface area contributed by atoms with Gasteiger partial charge in [-0.15, -0.1) is 5.10 Å². The number of aromatic amines is 1. The molecular formula is C16H15N5O4S. The average molecular weight is 373 g/mol. The molecule has 2 heterocycles. The molecule has 1 aliphatic rings. The van der Waals surface area contributed by atoms with Crippen LogP contribution in [0.2, 0.25) is 0 Å². The van der Waals surface area contributed by atoms with E-state index in [1.54, 1.807) is 37.3 Å². The summed E-state index contributed by atoms with van der Waals surface area (Å²) in [4.78, 5) is 43.8. The van der Waals surface area contributed by atoms with Gasteiger partial charge < -0.3 is 10.1 Å². The quantitative estimate of drug-likeness (QED) is 0.679. The lowest BCUT2D eigenvalue weighted by molar-refractivity contribution is -0.138. The Labute approximate surface area is 152 Å². The Bertz CT molecular complexity index is 880. The number of H-pyrrole nitrogens is 1. The molecule has 3 N–H and O–H groups in total. The molecule has 26 heavy (non-hydrogen) atoms. The maximum absolute atomic E-state index is 12.6. The number of amides is 2. The Morgan fingerprint density at radius 1 is 1.38 bits per heavy atom. The molecule has 0 aliphatic carbocycles. The summed E-state index contributed by atoms with van der Waals surface area (Å²) in [7, 11) is 0. The van der Waals surface area contributed by atoms with Gasteiger partial charge >= 0.3 is 5.97 Å². The molecule has 2 aromatic rings. The number of hydrogen-bond donors (Lipinski definition) is 3. The van der Waals surface area contributed by atoms with Crippen LogP contribution in [0.25, 0.3) is 0 Å². The highest BCUT2D eigenvalue weighted by atomic mass is 32.2. The molecule has 9 nitrogen and oxygen atoms in total. The summed E-state index contributed by atoms with van der Waals surface area (Å²) >= 11 is 0.996. The van der Waals surface area contributed by atoms with Crippen LogP contribution in [0.3, 0.4) is 0 Å². The van der Waals surface area contributed by atoms with E-state index in [-0.39, 0.29) is 17.3 Å². The number of nitrogens with zero attached hydrogens (tertiary/aromatic N) is 3. The number of aryl methyl sites for hydroxylation is 1. The SMILES string of the molecule is Cc1[nH]cnc1C(=O)N/N=C1\SC(CC(=O)O)C(=O)N1c1ccccc1. The molecule has 1 aromatic carbocycles. The maximum atomic E-state index is 12.6. The number of imidazole rings is 1. The summed E-state index contributed by atoms with van der Waals surface area (Å²) in [5.41, 5.74) is 3.69. The van der Waals surface area contributed by atoms with E-state index in [9.17, 15) is 14.4 Å². The lowest BCUT2D eigenvalue weighted by Gasteiger charge is -2.16. The fraction of sp³-hybridized carbons (Fsp3) is 0.188. The molecule has 0 radical (unpaired) electrons. The number of thioether (sulfide) groups is 1. The molecule has 1 fully saturated rings. The number of aromatic nitrogens is 2. The van der Waals surface area contributed by atoms with Gasteiger partial charge in [0.2, 0.25) is 5.91 Å². The lowest BCUT2D eigenvalue weighted by atomic mass is 10.2. The number of para-hydroxylation sites is 1. The maximum Gasteiger partial charge on any atom is 0.305 e. The number of carboxylic acids is 1. The highest BCUT2D eigenvalue weighted by Crippen LogP contribution is 2.33. The van der Waals surface area contributed by atoms with E-state index in [4.69, 9.17) is 5.11 Å².